The van der Waals surface area contributed by atoms with Crippen molar-refractivity contribution in [2.24, 2.45) is 0 Å². The lowest BCUT2D eigenvalue weighted by Crippen LogP contribution is -2.39. The highest BCUT2D eigenvalue weighted by molar-refractivity contribution is 5.90. The average Bonchev–Trinajstić information content (AvgIpc) is 2.70. The third kappa shape index (κ3) is 4.51. The van der Waals surface area contributed by atoms with Crippen LogP contribution < -0.4 is 16.0 Å². The van der Waals surface area contributed by atoms with Gasteiger partial charge in [0.05, 0.1) is 0 Å². The lowest BCUT2D eigenvalue weighted by Gasteiger charge is -2.22. The molecule has 0 bridgehead atoms. The van der Waals surface area contributed by atoms with Gasteiger partial charge in [0.15, 0.2) is 5.65 Å². The summed E-state index contributed by atoms with van der Waals surface area (Å²) in [6, 6.07) is 9.41. The molecule has 1 aromatic carbocycles. The second-order valence-electron chi connectivity index (χ2n) is 6.87. The number of benzene rings is 1. The Morgan fingerprint density at radius 2 is 1.79 bits per heavy atom. The number of carbonyl (C=O) groups excluding carboxylic acids is 1. The zero-order chi connectivity index (χ0) is 19.3. The molecule has 2 heterocycles. The summed E-state index contributed by atoms with van der Waals surface area (Å²) in [7, 11) is 0. The predicted molar refractivity (Wildman–Crippen MR) is 106 cm³/mol. The zero-order valence-electron chi connectivity index (χ0n) is 15.3. The third-order valence-electron chi connectivity index (χ3n) is 4.73. The van der Waals surface area contributed by atoms with E-state index in [1.54, 1.807) is 30.5 Å². The van der Waals surface area contributed by atoms with Gasteiger partial charge in [-0.05, 0) is 49.2 Å². The summed E-state index contributed by atoms with van der Waals surface area (Å²) in [6.07, 6.45) is 7.22. The Bertz CT molecular complexity index is 972. The molecule has 28 heavy (non-hydrogen) atoms. The number of aromatic nitrogens is 3. The van der Waals surface area contributed by atoms with Crippen molar-refractivity contribution in [1.29, 1.82) is 0 Å². The van der Waals surface area contributed by atoms with Crippen molar-refractivity contribution in [3.8, 4) is 0 Å². The van der Waals surface area contributed by atoms with E-state index in [2.05, 4.69) is 30.9 Å². The molecule has 3 N–H and O–H groups in total. The van der Waals surface area contributed by atoms with Gasteiger partial charge in [-0.25, -0.2) is 19.2 Å². The van der Waals surface area contributed by atoms with Gasteiger partial charge in [0, 0.05) is 23.3 Å². The first kappa shape index (κ1) is 18.1. The maximum absolute atomic E-state index is 13.0. The Balaban J connectivity index is 1.46. The summed E-state index contributed by atoms with van der Waals surface area (Å²) >= 11 is 0. The Morgan fingerprint density at radius 3 is 2.57 bits per heavy atom. The molecule has 2 amide bonds. The highest BCUT2D eigenvalue weighted by atomic mass is 19.1. The van der Waals surface area contributed by atoms with Gasteiger partial charge in [-0.3, -0.25) is 5.32 Å². The normalized spacial score (nSPS) is 14.6. The van der Waals surface area contributed by atoms with E-state index in [4.69, 9.17) is 0 Å². The van der Waals surface area contributed by atoms with Crippen LogP contribution in [0.25, 0.3) is 11.0 Å². The number of hydrogen-bond donors (Lipinski definition) is 3. The van der Waals surface area contributed by atoms with Crippen molar-refractivity contribution in [2.45, 2.75) is 38.1 Å². The van der Waals surface area contributed by atoms with Crippen LogP contribution in [0.2, 0.25) is 0 Å². The van der Waals surface area contributed by atoms with Gasteiger partial charge in [-0.1, -0.05) is 19.3 Å². The van der Waals surface area contributed by atoms with Crippen molar-refractivity contribution in [3.05, 3.63) is 48.4 Å². The summed E-state index contributed by atoms with van der Waals surface area (Å²) in [5.41, 5.74) is 1.12. The molecular formula is C20H21FN6O. The quantitative estimate of drug-likeness (QED) is 0.625. The number of hydrogen-bond acceptors (Lipinski definition) is 5. The van der Waals surface area contributed by atoms with Crippen molar-refractivity contribution in [2.75, 3.05) is 10.6 Å². The lowest BCUT2D eigenvalue weighted by molar-refractivity contribution is 0.244. The number of pyridine rings is 1. The standard InChI is InChI=1S/C20H21FN6O/c21-14-7-9-16(10-8-14)23-19-22-12-13-6-11-17(25-18(13)27-19)26-20(28)24-15-4-2-1-3-5-15/h6-12,15H,1-5H2,(H3,22,23,24,25,26,27,28). The van der Waals surface area contributed by atoms with Gasteiger partial charge in [0.25, 0.3) is 0 Å². The molecule has 1 aliphatic rings. The van der Waals surface area contributed by atoms with E-state index in [9.17, 15) is 9.18 Å². The maximum atomic E-state index is 13.0. The molecule has 1 fully saturated rings. The van der Waals surface area contributed by atoms with Crippen LogP contribution in [-0.4, -0.2) is 27.0 Å². The topological polar surface area (TPSA) is 91.8 Å². The monoisotopic (exact) mass is 380 g/mol. The minimum absolute atomic E-state index is 0.225. The summed E-state index contributed by atoms with van der Waals surface area (Å²) in [5, 5.41) is 9.53. The van der Waals surface area contributed by atoms with Gasteiger partial charge in [-0.15, -0.1) is 0 Å². The molecule has 1 aliphatic carbocycles. The fraction of sp³-hybridized carbons (Fsp3) is 0.300. The number of anilines is 3. The van der Waals surface area contributed by atoms with Crippen molar-refractivity contribution < 1.29 is 9.18 Å². The highest BCUT2D eigenvalue weighted by Gasteiger charge is 2.16. The average molecular weight is 380 g/mol. The molecular weight excluding hydrogens is 359 g/mol. The largest absolute Gasteiger partial charge is 0.335 e. The Kier molecular flexibility index (Phi) is 5.27. The van der Waals surface area contributed by atoms with E-state index in [1.807, 2.05) is 0 Å². The fourth-order valence-electron chi connectivity index (χ4n) is 3.29. The molecule has 7 nitrogen and oxygen atoms in total. The van der Waals surface area contributed by atoms with Gasteiger partial charge in [0.2, 0.25) is 5.95 Å². The summed E-state index contributed by atoms with van der Waals surface area (Å²) < 4.78 is 13.0. The molecule has 2 aromatic heterocycles. The van der Waals surface area contributed by atoms with Crippen molar-refractivity contribution in [3.63, 3.8) is 0 Å². The van der Waals surface area contributed by atoms with E-state index >= 15 is 0 Å². The smallest absolute Gasteiger partial charge is 0.320 e. The SMILES string of the molecule is O=C(Nc1ccc2cnc(Nc3ccc(F)cc3)nc2n1)NC1CCCCC1. The third-order valence-corrected chi connectivity index (χ3v) is 4.73. The van der Waals surface area contributed by atoms with E-state index in [-0.39, 0.29) is 17.9 Å². The zero-order valence-corrected chi connectivity index (χ0v) is 15.3. The number of amides is 2. The highest BCUT2D eigenvalue weighted by Crippen LogP contribution is 2.19. The van der Waals surface area contributed by atoms with Crippen LogP contribution in [0.15, 0.2) is 42.6 Å². The van der Waals surface area contributed by atoms with Crippen LogP contribution in [-0.2, 0) is 0 Å². The molecule has 1 saturated carbocycles. The Labute approximate surface area is 161 Å². The van der Waals surface area contributed by atoms with Gasteiger partial charge >= 0.3 is 6.03 Å². The summed E-state index contributed by atoms with van der Waals surface area (Å²) in [5.74, 6) is 0.455. The number of urea groups is 1. The number of nitrogens with one attached hydrogen (secondary N) is 3. The lowest BCUT2D eigenvalue weighted by atomic mass is 9.96. The van der Waals surface area contributed by atoms with Gasteiger partial charge < -0.3 is 10.6 Å². The molecule has 0 aliphatic heterocycles. The molecule has 144 valence electrons. The number of fused-ring (bicyclic) bond motifs is 1. The summed E-state index contributed by atoms with van der Waals surface area (Å²) in [6.45, 7) is 0. The Morgan fingerprint density at radius 1 is 1.00 bits per heavy atom. The van der Waals surface area contributed by atoms with E-state index < -0.39 is 0 Å². The van der Waals surface area contributed by atoms with Crippen LogP contribution >= 0.6 is 0 Å². The number of halogens is 1. The van der Waals surface area contributed by atoms with Crippen LogP contribution in [0.1, 0.15) is 32.1 Å². The molecule has 0 unspecified atom stereocenters. The minimum Gasteiger partial charge on any atom is -0.335 e. The first-order valence-corrected chi connectivity index (χ1v) is 9.40. The molecule has 0 radical (unpaired) electrons. The molecule has 4 rings (SSSR count). The van der Waals surface area contributed by atoms with Crippen LogP contribution in [0.3, 0.4) is 0 Å². The van der Waals surface area contributed by atoms with E-state index in [0.29, 0.717) is 23.1 Å². The van der Waals surface area contributed by atoms with Crippen LogP contribution in [0, 0.1) is 5.82 Å². The first-order valence-electron chi connectivity index (χ1n) is 9.40. The van der Waals surface area contributed by atoms with Crippen LogP contribution in [0.4, 0.5) is 26.6 Å². The second-order valence-corrected chi connectivity index (χ2v) is 6.87. The number of carbonyl (C=O) groups is 1. The summed E-state index contributed by atoms with van der Waals surface area (Å²) in [4.78, 5) is 25.2. The minimum atomic E-state index is -0.311. The molecule has 3 aromatic rings. The fourth-order valence-corrected chi connectivity index (χ4v) is 3.29. The maximum Gasteiger partial charge on any atom is 0.320 e. The van der Waals surface area contributed by atoms with E-state index in [1.165, 1.54) is 18.6 Å². The van der Waals surface area contributed by atoms with Crippen molar-refractivity contribution in [1.82, 2.24) is 20.3 Å². The van der Waals surface area contributed by atoms with Gasteiger partial charge in [-0.2, -0.15) is 4.98 Å². The molecule has 0 atom stereocenters. The molecule has 0 saturated heterocycles. The second kappa shape index (κ2) is 8.16. The number of nitrogens with zero attached hydrogens (tertiary/aromatic N) is 3. The molecule has 8 heteroatoms. The van der Waals surface area contributed by atoms with Crippen molar-refractivity contribution >= 4 is 34.5 Å². The van der Waals surface area contributed by atoms with Gasteiger partial charge in [0.1, 0.15) is 11.6 Å². The Hall–Kier alpha value is -3.29. The first-order chi connectivity index (χ1) is 13.7. The van der Waals surface area contributed by atoms with E-state index in [0.717, 1.165) is 31.1 Å². The molecule has 0 spiro atoms. The predicted octanol–water partition coefficient (Wildman–Crippen LogP) is 4.36. The number of rotatable bonds is 4. The van der Waals surface area contributed by atoms with Crippen LogP contribution in [0.5, 0.6) is 0 Å².